The Morgan fingerprint density at radius 3 is 2.69 bits per heavy atom. The number of rotatable bonds is 2. The highest BCUT2D eigenvalue weighted by atomic mass is 19.3. The molecule has 1 aliphatic carbocycles. The fraction of sp³-hybridized carbons (Fsp3) is 0.579. The molecule has 0 bridgehead atoms. The highest BCUT2D eigenvalue weighted by Crippen LogP contribution is 2.49. The average molecular weight is 404 g/mol. The zero-order valence-corrected chi connectivity index (χ0v) is 15.8. The molecule has 0 aromatic carbocycles. The lowest BCUT2D eigenvalue weighted by molar-refractivity contribution is -0.122. The molecular formula is C19H22F2N6O2. The van der Waals surface area contributed by atoms with Crippen LogP contribution in [0.4, 0.5) is 19.3 Å². The molecule has 1 saturated carbocycles. The largest absolute Gasteiger partial charge is 0.368 e. The normalized spacial score (nSPS) is 26.0. The fourth-order valence-corrected chi connectivity index (χ4v) is 4.79. The van der Waals surface area contributed by atoms with Crippen LogP contribution in [-0.2, 0) is 4.79 Å². The second-order valence-corrected chi connectivity index (χ2v) is 8.43. The number of imidazole rings is 1. The molecular weight excluding hydrogens is 382 g/mol. The van der Waals surface area contributed by atoms with E-state index in [9.17, 15) is 18.4 Å². The van der Waals surface area contributed by atoms with Crippen molar-refractivity contribution in [1.82, 2.24) is 25.2 Å². The number of fused-ring (bicyclic) bond motifs is 1. The van der Waals surface area contributed by atoms with Crippen LogP contribution >= 0.6 is 0 Å². The second kappa shape index (κ2) is 6.36. The number of urea groups is 1. The van der Waals surface area contributed by atoms with Gasteiger partial charge in [-0.15, -0.1) is 0 Å². The highest BCUT2D eigenvalue weighted by molar-refractivity contribution is 6.00. The molecule has 5 rings (SSSR count). The summed E-state index contributed by atoms with van der Waals surface area (Å²) < 4.78 is 28.9. The number of anilines is 1. The summed E-state index contributed by atoms with van der Waals surface area (Å²) in [6, 6.07) is 1.34. The van der Waals surface area contributed by atoms with E-state index in [1.54, 1.807) is 16.9 Å². The Kier molecular flexibility index (Phi) is 4.01. The van der Waals surface area contributed by atoms with Crippen LogP contribution in [-0.4, -0.2) is 52.1 Å². The van der Waals surface area contributed by atoms with Gasteiger partial charge in [0.05, 0.1) is 17.3 Å². The number of nitrogens with one attached hydrogen (secondary N) is 2. The number of nitrogens with zero attached hydrogens (tertiary/aromatic N) is 4. The van der Waals surface area contributed by atoms with E-state index in [-0.39, 0.29) is 30.7 Å². The number of hydrogen-bond acceptors (Lipinski definition) is 5. The molecule has 1 unspecified atom stereocenters. The van der Waals surface area contributed by atoms with E-state index in [0.29, 0.717) is 30.7 Å². The van der Waals surface area contributed by atoms with Crippen molar-refractivity contribution >= 4 is 23.3 Å². The number of alkyl halides is 2. The number of aromatic nitrogens is 3. The molecule has 4 heterocycles. The van der Waals surface area contributed by atoms with E-state index in [1.165, 1.54) is 0 Å². The Bertz CT molecular complexity index is 980. The maximum atomic E-state index is 13.6. The van der Waals surface area contributed by atoms with Crippen LogP contribution in [0.1, 0.15) is 43.7 Å². The van der Waals surface area contributed by atoms with Crippen molar-refractivity contribution < 1.29 is 18.4 Å². The summed E-state index contributed by atoms with van der Waals surface area (Å²) >= 11 is 0. The Balaban J connectivity index is 1.45. The molecule has 1 atom stereocenters. The third kappa shape index (κ3) is 3.20. The van der Waals surface area contributed by atoms with Gasteiger partial charge < -0.3 is 10.2 Å². The zero-order valence-electron chi connectivity index (χ0n) is 15.8. The first-order valence-corrected chi connectivity index (χ1v) is 9.90. The quantitative estimate of drug-likeness (QED) is 0.800. The van der Waals surface area contributed by atoms with E-state index in [2.05, 4.69) is 25.6 Å². The van der Waals surface area contributed by atoms with E-state index in [4.69, 9.17) is 0 Å². The van der Waals surface area contributed by atoms with Gasteiger partial charge in [0.25, 0.3) is 0 Å². The number of halogens is 2. The van der Waals surface area contributed by atoms with Crippen LogP contribution in [0.25, 0.3) is 5.65 Å². The number of carbonyl (C=O) groups excluding carboxylic acids is 2. The number of hydrogen-bond donors (Lipinski definition) is 2. The zero-order chi connectivity index (χ0) is 20.2. The topological polar surface area (TPSA) is 91.6 Å². The van der Waals surface area contributed by atoms with Crippen molar-refractivity contribution in [1.29, 1.82) is 0 Å². The second-order valence-electron chi connectivity index (χ2n) is 8.43. The molecule has 8 nitrogen and oxygen atoms in total. The standard InChI is InChI=1S/C19H22F2N6O2/c20-19(21)3-1-18(2-4-19)5-7-26(11-18)14-9-13(25-27-8-6-22-15(14)27)12-10-23-17(29)24-16(12)28/h6,8-9,12H,1-5,7,10-11H2,(H2,23,24,28,29). The molecule has 2 aromatic rings. The molecule has 29 heavy (non-hydrogen) atoms. The Labute approximate surface area is 165 Å². The monoisotopic (exact) mass is 404 g/mol. The van der Waals surface area contributed by atoms with Crippen LogP contribution < -0.4 is 15.5 Å². The van der Waals surface area contributed by atoms with Crippen molar-refractivity contribution in [3.63, 3.8) is 0 Å². The minimum atomic E-state index is -2.54. The molecule has 10 heteroatoms. The number of carbonyl (C=O) groups is 2. The van der Waals surface area contributed by atoms with Gasteiger partial charge in [0, 0.05) is 44.9 Å². The minimum Gasteiger partial charge on any atom is -0.368 e. The maximum absolute atomic E-state index is 13.6. The van der Waals surface area contributed by atoms with Crippen LogP contribution in [0.3, 0.4) is 0 Å². The van der Waals surface area contributed by atoms with Gasteiger partial charge >= 0.3 is 6.03 Å². The predicted molar refractivity (Wildman–Crippen MR) is 99.9 cm³/mol. The maximum Gasteiger partial charge on any atom is 0.321 e. The molecule has 2 N–H and O–H groups in total. The van der Waals surface area contributed by atoms with Crippen LogP contribution in [0.2, 0.25) is 0 Å². The van der Waals surface area contributed by atoms with Gasteiger partial charge in [0.2, 0.25) is 11.8 Å². The molecule has 1 spiro atoms. The van der Waals surface area contributed by atoms with Crippen molar-refractivity contribution in [2.75, 3.05) is 24.5 Å². The van der Waals surface area contributed by atoms with Crippen molar-refractivity contribution in [2.24, 2.45) is 5.41 Å². The molecule has 0 radical (unpaired) electrons. The van der Waals surface area contributed by atoms with E-state index in [1.807, 2.05) is 6.07 Å². The van der Waals surface area contributed by atoms with Crippen molar-refractivity contribution in [3.05, 3.63) is 24.2 Å². The lowest BCUT2D eigenvalue weighted by Gasteiger charge is -2.37. The van der Waals surface area contributed by atoms with Gasteiger partial charge in [-0.05, 0) is 30.7 Å². The Hall–Kier alpha value is -2.78. The average Bonchev–Trinajstić information content (AvgIpc) is 3.31. The Morgan fingerprint density at radius 1 is 1.14 bits per heavy atom. The number of amides is 3. The van der Waals surface area contributed by atoms with Crippen molar-refractivity contribution in [2.45, 2.75) is 43.9 Å². The molecule has 2 aromatic heterocycles. The van der Waals surface area contributed by atoms with Gasteiger partial charge in [-0.1, -0.05) is 0 Å². The van der Waals surface area contributed by atoms with Gasteiger partial charge in [-0.3, -0.25) is 10.1 Å². The van der Waals surface area contributed by atoms with Crippen LogP contribution in [0.15, 0.2) is 18.5 Å². The van der Waals surface area contributed by atoms with Crippen molar-refractivity contribution in [3.8, 4) is 0 Å². The summed E-state index contributed by atoms with van der Waals surface area (Å²) in [7, 11) is 0. The highest BCUT2D eigenvalue weighted by Gasteiger charge is 2.47. The first kappa shape index (κ1) is 18.3. The summed E-state index contributed by atoms with van der Waals surface area (Å²) in [6.07, 6.45) is 5.17. The molecule has 3 amide bonds. The minimum absolute atomic E-state index is 0.0524. The van der Waals surface area contributed by atoms with E-state index in [0.717, 1.165) is 18.7 Å². The summed E-state index contributed by atoms with van der Waals surface area (Å²) in [4.78, 5) is 30.3. The van der Waals surface area contributed by atoms with Crippen LogP contribution in [0.5, 0.6) is 0 Å². The predicted octanol–water partition coefficient (Wildman–Crippen LogP) is 2.06. The first-order valence-electron chi connectivity index (χ1n) is 9.90. The van der Waals surface area contributed by atoms with Gasteiger partial charge in [0.15, 0.2) is 5.65 Å². The summed E-state index contributed by atoms with van der Waals surface area (Å²) in [5.41, 5.74) is 1.97. The van der Waals surface area contributed by atoms with Crippen LogP contribution in [0, 0.1) is 5.41 Å². The third-order valence-electron chi connectivity index (χ3n) is 6.56. The summed E-state index contributed by atoms with van der Waals surface area (Å²) in [6.45, 7) is 1.63. The molecule has 2 saturated heterocycles. The van der Waals surface area contributed by atoms with E-state index < -0.39 is 17.9 Å². The van der Waals surface area contributed by atoms with Gasteiger partial charge in [0.1, 0.15) is 0 Å². The van der Waals surface area contributed by atoms with E-state index >= 15 is 0 Å². The smallest absolute Gasteiger partial charge is 0.321 e. The Morgan fingerprint density at radius 2 is 1.93 bits per heavy atom. The number of imide groups is 1. The molecule has 2 aliphatic heterocycles. The molecule has 3 fully saturated rings. The molecule has 154 valence electrons. The molecule has 3 aliphatic rings. The fourth-order valence-electron chi connectivity index (χ4n) is 4.79. The van der Waals surface area contributed by atoms with Gasteiger partial charge in [-0.25, -0.2) is 23.1 Å². The first-order chi connectivity index (χ1) is 13.8. The van der Waals surface area contributed by atoms with Gasteiger partial charge in [-0.2, -0.15) is 5.10 Å². The lowest BCUT2D eigenvalue weighted by atomic mass is 9.72. The SMILES string of the molecule is O=C1NCC(c2cc(N3CCC4(CCC(F)(F)CC4)C3)c3nccn3n2)C(=O)N1. The third-order valence-corrected chi connectivity index (χ3v) is 6.56. The lowest BCUT2D eigenvalue weighted by Crippen LogP contribution is -2.51. The summed E-state index contributed by atoms with van der Waals surface area (Å²) in [5.74, 6) is -3.53. The summed E-state index contributed by atoms with van der Waals surface area (Å²) in [5, 5.41) is 9.41.